The summed E-state index contributed by atoms with van der Waals surface area (Å²) < 4.78 is 0. The molecule has 0 radical (unpaired) electrons. The minimum atomic E-state index is 0.401. The third-order valence-electron chi connectivity index (χ3n) is 2.14. The largest absolute Gasteiger partial charge is 0.328 e. The average Bonchev–Trinajstić information content (AvgIpc) is 2.57. The van der Waals surface area contributed by atoms with Gasteiger partial charge in [-0.2, -0.15) is 0 Å². The molecule has 1 heterocycles. The monoisotopic (exact) mass is 198 g/mol. The lowest BCUT2D eigenvalue weighted by molar-refractivity contribution is 0.540. The van der Waals surface area contributed by atoms with Gasteiger partial charge in [-0.3, -0.25) is 4.98 Å². The van der Waals surface area contributed by atoms with Crippen molar-refractivity contribution in [3.05, 3.63) is 16.6 Å². The van der Waals surface area contributed by atoms with Gasteiger partial charge >= 0.3 is 0 Å². The van der Waals surface area contributed by atoms with E-state index in [2.05, 4.69) is 11.9 Å². The van der Waals surface area contributed by atoms with Crippen LogP contribution >= 0.6 is 11.3 Å². The van der Waals surface area contributed by atoms with E-state index in [9.17, 15) is 0 Å². The fourth-order valence-corrected chi connectivity index (χ4v) is 2.06. The smallest absolute Gasteiger partial charge is 0.0794 e. The first-order chi connectivity index (χ1) is 6.33. The summed E-state index contributed by atoms with van der Waals surface area (Å²) >= 11 is 1.74. The zero-order chi connectivity index (χ0) is 9.52. The Kier molecular flexibility index (Phi) is 5.01. The molecule has 0 aliphatic carbocycles. The van der Waals surface area contributed by atoms with E-state index < -0.39 is 0 Å². The minimum absolute atomic E-state index is 0.401. The number of nitrogens with two attached hydrogens (primary N) is 1. The summed E-state index contributed by atoms with van der Waals surface area (Å²) in [6, 6.07) is 0.401. The van der Waals surface area contributed by atoms with Gasteiger partial charge in [-0.25, -0.2) is 0 Å². The second kappa shape index (κ2) is 6.11. The van der Waals surface area contributed by atoms with Crippen molar-refractivity contribution in [2.45, 2.75) is 45.1 Å². The minimum Gasteiger partial charge on any atom is -0.328 e. The van der Waals surface area contributed by atoms with Crippen LogP contribution in [0.15, 0.2) is 11.7 Å². The molecule has 1 aromatic heterocycles. The number of aromatic nitrogens is 1. The normalized spacial score (nSPS) is 13.1. The van der Waals surface area contributed by atoms with Gasteiger partial charge in [-0.05, 0) is 25.7 Å². The van der Waals surface area contributed by atoms with Gasteiger partial charge in [0, 0.05) is 17.1 Å². The van der Waals surface area contributed by atoms with Crippen molar-refractivity contribution >= 4 is 11.3 Å². The molecule has 0 spiro atoms. The molecule has 0 aromatic carbocycles. The van der Waals surface area contributed by atoms with Crippen LogP contribution in [0, 0.1) is 0 Å². The summed E-state index contributed by atoms with van der Waals surface area (Å²) in [4.78, 5) is 5.42. The molecule has 0 fully saturated rings. The fourth-order valence-electron chi connectivity index (χ4n) is 1.42. The Hall–Kier alpha value is -0.410. The van der Waals surface area contributed by atoms with Crippen LogP contribution in [0.5, 0.6) is 0 Å². The van der Waals surface area contributed by atoms with Crippen molar-refractivity contribution in [2.24, 2.45) is 5.73 Å². The summed E-state index contributed by atoms with van der Waals surface area (Å²) in [6.07, 6.45) is 7.79. The Labute approximate surface area is 84.2 Å². The van der Waals surface area contributed by atoms with Crippen molar-refractivity contribution < 1.29 is 0 Å². The Morgan fingerprint density at radius 2 is 2.38 bits per heavy atom. The van der Waals surface area contributed by atoms with Gasteiger partial charge in [-0.1, -0.05) is 13.3 Å². The van der Waals surface area contributed by atoms with Crippen LogP contribution < -0.4 is 5.73 Å². The lowest BCUT2D eigenvalue weighted by Gasteiger charge is -2.08. The number of thiazole rings is 1. The van der Waals surface area contributed by atoms with Crippen LogP contribution in [0.2, 0.25) is 0 Å². The Balaban J connectivity index is 2.07. The van der Waals surface area contributed by atoms with E-state index in [-0.39, 0.29) is 0 Å². The van der Waals surface area contributed by atoms with Crippen LogP contribution in [0.4, 0.5) is 0 Å². The molecule has 3 heteroatoms. The fraction of sp³-hybridized carbons (Fsp3) is 0.700. The summed E-state index contributed by atoms with van der Waals surface area (Å²) in [6.45, 7) is 2.18. The maximum atomic E-state index is 5.91. The van der Waals surface area contributed by atoms with Gasteiger partial charge in [0.2, 0.25) is 0 Å². The van der Waals surface area contributed by atoms with Gasteiger partial charge in [0.05, 0.1) is 5.51 Å². The third-order valence-corrected chi connectivity index (χ3v) is 2.98. The maximum Gasteiger partial charge on any atom is 0.0794 e. The molecule has 0 saturated carbocycles. The third kappa shape index (κ3) is 4.39. The Morgan fingerprint density at radius 3 is 3.00 bits per heavy atom. The Morgan fingerprint density at radius 1 is 1.54 bits per heavy atom. The Bertz CT molecular complexity index is 209. The highest BCUT2D eigenvalue weighted by atomic mass is 32.1. The van der Waals surface area contributed by atoms with Crippen molar-refractivity contribution in [2.75, 3.05) is 0 Å². The summed E-state index contributed by atoms with van der Waals surface area (Å²) in [5.41, 5.74) is 7.80. The highest BCUT2D eigenvalue weighted by molar-refractivity contribution is 7.09. The van der Waals surface area contributed by atoms with E-state index in [0.717, 1.165) is 19.3 Å². The first-order valence-corrected chi connectivity index (χ1v) is 5.84. The quantitative estimate of drug-likeness (QED) is 0.763. The lowest BCUT2D eigenvalue weighted by atomic mass is 10.1. The van der Waals surface area contributed by atoms with Crippen molar-refractivity contribution in [1.82, 2.24) is 4.98 Å². The molecule has 0 aliphatic rings. The topological polar surface area (TPSA) is 38.9 Å². The first-order valence-electron chi connectivity index (χ1n) is 4.96. The molecule has 13 heavy (non-hydrogen) atoms. The van der Waals surface area contributed by atoms with E-state index >= 15 is 0 Å². The van der Waals surface area contributed by atoms with Crippen LogP contribution in [0.1, 0.15) is 37.5 Å². The SMILES string of the molecule is CCCC(N)CCCc1cncs1. The van der Waals surface area contributed by atoms with Crippen molar-refractivity contribution in [1.29, 1.82) is 0 Å². The van der Waals surface area contributed by atoms with Crippen LogP contribution in [0.3, 0.4) is 0 Å². The molecule has 1 rings (SSSR count). The average molecular weight is 198 g/mol. The molecule has 0 saturated heterocycles. The highest BCUT2D eigenvalue weighted by Crippen LogP contribution is 2.11. The van der Waals surface area contributed by atoms with Crippen LogP contribution in [0.25, 0.3) is 0 Å². The lowest BCUT2D eigenvalue weighted by Crippen LogP contribution is -2.19. The van der Waals surface area contributed by atoms with E-state index in [1.54, 1.807) is 11.3 Å². The van der Waals surface area contributed by atoms with Gasteiger partial charge in [0.15, 0.2) is 0 Å². The molecule has 1 atom stereocenters. The van der Waals surface area contributed by atoms with E-state index in [1.165, 1.54) is 17.7 Å². The van der Waals surface area contributed by atoms with Crippen LogP contribution in [-0.4, -0.2) is 11.0 Å². The van der Waals surface area contributed by atoms with Crippen molar-refractivity contribution in [3.63, 3.8) is 0 Å². The standard InChI is InChI=1S/C10H18N2S/c1-2-4-9(11)5-3-6-10-7-12-8-13-10/h7-9H,2-6,11H2,1H3. The van der Waals surface area contributed by atoms with E-state index in [1.807, 2.05) is 11.7 Å². The summed E-state index contributed by atoms with van der Waals surface area (Å²) in [5, 5.41) is 0. The molecule has 74 valence electrons. The maximum absolute atomic E-state index is 5.91. The molecule has 0 aliphatic heterocycles. The summed E-state index contributed by atoms with van der Waals surface area (Å²) in [7, 11) is 0. The van der Waals surface area contributed by atoms with Crippen molar-refractivity contribution in [3.8, 4) is 0 Å². The van der Waals surface area contributed by atoms with Gasteiger partial charge < -0.3 is 5.73 Å². The number of hydrogen-bond acceptors (Lipinski definition) is 3. The second-order valence-corrected chi connectivity index (χ2v) is 4.38. The predicted octanol–water partition coefficient (Wildman–Crippen LogP) is 2.59. The zero-order valence-electron chi connectivity index (χ0n) is 8.20. The molecule has 1 unspecified atom stereocenters. The molecule has 1 aromatic rings. The zero-order valence-corrected chi connectivity index (χ0v) is 9.02. The first kappa shape index (κ1) is 10.7. The molecule has 0 bridgehead atoms. The van der Waals surface area contributed by atoms with Crippen LogP contribution in [-0.2, 0) is 6.42 Å². The predicted molar refractivity (Wildman–Crippen MR) is 57.9 cm³/mol. The molecular formula is C10H18N2S. The van der Waals surface area contributed by atoms with Gasteiger partial charge in [0.1, 0.15) is 0 Å². The number of hydrogen-bond donors (Lipinski definition) is 1. The van der Waals surface area contributed by atoms with E-state index in [0.29, 0.717) is 6.04 Å². The molecule has 0 amide bonds. The number of nitrogens with zero attached hydrogens (tertiary/aromatic N) is 1. The molecular weight excluding hydrogens is 180 g/mol. The number of aryl methyl sites for hydroxylation is 1. The summed E-state index contributed by atoms with van der Waals surface area (Å²) in [5.74, 6) is 0. The molecule has 2 N–H and O–H groups in total. The second-order valence-electron chi connectivity index (χ2n) is 3.41. The van der Waals surface area contributed by atoms with Gasteiger partial charge in [0.25, 0.3) is 0 Å². The van der Waals surface area contributed by atoms with Gasteiger partial charge in [-0.15, -0.1) is 11.3 Å². The molecule has 2 nitrogen and oxygen atoms in total. The van der Waals surface area contributed by atoms with E-state index in [4.69, 9.17) is 5.73 Å². The highest BCUT2D eigenvalue weighted by Gasteiger charge is 2.01. The number of rotatable bonds is 6.